The fraction of sp³-hybridized carbons (Fsp3) is 0.364. The summed E-state index contributed by atoms with van der Waals surface area (Å²) in [4.78, 5) is 40.9. The van der Waals surface area contributed by atoms with E-state index >= 15 is 0 Å². The van der Waals surface area contributed by atoms with Gasteiger partial charge in [0.15, 0.2) is 5.78 Å². The normalized spacial score (nSPS) is 16.9. The Balaban J connectivity index is 1.53. The topological polar surface area (TPSA) is 120 Å². The second kappa shape index (κ2) is 7.87. The third kappa shape index (κ3) is 3.54. The minimum absolute atomic E-state index is 0.0727. The molecule has 156 valence electrons. The average molecular weight is 408 g/mol. The molecule has 0 fully saturated rings. The number of carboxylic acid groups (broad SMARTS) is 1. The van der Waals surface area contributed by atoms with Crippen LogP contribution in [0, 0.1) is 5.92 Å². The van der Waals surface area contributed by atoms with Crippen LogP contribution >= 0.6 is 0 Å². The lowest BCUT2D eigenvalue weighted by Gasteiger charge is -2.22. The van der Waals surface area contributed by atoms with Crippen LogP contribution in [0.25, 0.3) is 10.9 Å². The number of ketones is 1. The predicted octanol–water partition coefficient (Wildman–Crippen LogP) is 2.19. The van der Waals surface area contributed by atoms with Crippen LogP contribution in [0.1, 0.15) is 45.8 Å². The first-order valence-electron chi connectivity index (χ1n) is 10.0. The highest BCUT2D eigenvalue weighted by Crippen LogP contribution is 2.30. The van der Waals surface area contributed by atoms with Gasteiger partial charge in [0.2, 0.25) is 5.91 Å². The van der Waals surface area contributed by atoms with Gasteiger partial charge < -0.3 is 15.4 Å². The maximum atomic E-state index is 13.2. The zero-order valence-electron chi connectivity index (χ0n) is 16.7. The van der Waals surface area contributed by atoms with E-state index in [0.29, 0.717) is 24.8 Å². The summed E-state index contributed by atoms with van der Waals surface area (Å²) in [6.07, 6.45) is 4.88. The number of aryl methyl sites for hydroxylation is 1. The number of carbonyl (C=O) groups excluding carboxylic acids is 2. The molecule has 0 saturated carbocycles. The quantitative estimate of drug-likeness (QED) is 0.603. The Morgan fingerprint density at radius 3 is 2.83 bits per heavy atom. The highest BCUT2D eigenvalue weighted by molar-refractivity contribution is 6.09. The van der Waals surface area contributed by atoms with Gasteiger partial charge in [-0.05, 0) is 25.3 Å². The standard InChI is InChI=1S/C22H24N4O4/c1-25-11-15(14-4-2-3-5-18(14)25)21(29)13-6-8-19-17(10-13)24-12-26(19)22(30)16(23)7-9-20(27)28/h2-5,11-13,16H,6-10,23H2,1H3,(H,27,28)/t13-,16?/m1/s1. The molecule has 1 aliphatic carbocycles. The molecule has 0 radical (unpaired) electrons. The number of aromatic nitrogens is 3. The molecule has 8 heteroatoms. The van der Waals surface area contributed by atoms with E-state index in [0.717, 1.165) is 22.3 Å². The van der Waals surface area contributed by atoms with Gasteiger partial charge in [0.05, 0.1) is 11.7 Å². The molecule has 3 aromatic rings. The second-order valence-electron chi connectivity index (χ2n) is 7.86. The lowest BCUT2D eigenvalue weighted by atomic mass is 9.84. The first-order chi connectivity index (χ1) is 14.4. The summed E-state index contributed by atoms with van der Waals surface area (Å²) in [5.74, 6) is -1.44. The van der Waals surface area contributed by atoms with Gasteiger partial charge in [0.25, 0.3) is 0 Å². The van der Waals surface area contributed by atoms with E-state index in [-0.39, 0.29) is 30.4 Å². The van der Waals surface area contributed by atoms with E-state index in [1.165, 1.54) is 10.9 Å². The first-order valence-corrected chi connectivity index (χ1v) is 10.0. The van der Waals surface area contributed by atoms with Crippen molar-refractivity contribution in [3.05, 3.63) is 53.7 Å². The predicted molar refractivity (Wildman–Crippen MR) is 110 cm³/mol. The van der Waals surface area contributed by atoms with Crippen molar-refractivity contribution < 1.29 is 19.5 Å². The molecular weight excluding hydrogens is 384 g/mol. The summed E-state index contributed by atoms with van der Waals surface area (Å²) in [6.45, 7) is 0. The average Bonchev–Trinajstić information content (AvgIpc) is 3.32. The lowest BCUT2D eigenvalue weighted by Crippen LogP contribution is -2.36. The smallest absolute Gasteiger partial charge is 0.303 e. The Morgan fingerprint density at radius 1 is 1.30 bits per heavy atom. The number of aliphatic carboxylic acids is 1. The van der Waals surface area contributed by atoms with E-state index in [1.807, 2.05) is 42.1 Å². The number of hydrogen-bond acceptors (Lipinski definition) is 5. The van der Waals surface area contributed by atoms with Crippen LogP contribution in [0.15, 0.2) is 36.8 Å². The van der Waals surface area contributed by atoms with Gasteiger partial charge in [0.1, 0.15) is 6.33 Å². The van der Waals surface area contributed by atoms with Crippen molar-refractivity contribution in [2.75, 3.05) is 0 Å². The van der Waals surface area contributed by atoms with Gasteiger partial charge >= 0.3 is 5.97 Å². The molecule has 1 aliphatic rings. The van der Waals surface area contributed by atoms with Gasteiger partial charge in [-0.15, -0.1) is 0 Å². The van der Waals surface area contributed by atoms with E-state index in [9.17, 15) is 14.4 Å². The Bertz CT molecular complexity index is 1140. The van der Waals surface area contributed by atoms with Gasteiger partial charge in [0, 0.05) is 54.2 Å². The molecule has 1 aromatic carbocycles. The molecule has 0 spiro atoms. The maximum absolute atomic E-state index is 13.2. The van der Waals surface area contributed by atoms with Gasteiger partial charge in [-0.3, -0.25) is 19.0 Å². The number of nitrogens with zero attached hydrogens (tertiary/aromatic N) is 3. The Labute approximate surface area is 173 Å². The third-order valence-corrected chi connectivity index (χ3v) is 5.88. The zero-order chi connectivity index (χ0) is 21.4. The van der Waals surface area contributed by atoms with E-state index < -0.39 is 12.0 Å². The number of carbonyl (C=O) groups is 3. The summed E-state index contributed by atoms with van der Waals surface area (Å²) in [7, 11) is 1.93. The fourth-order valence-electron chi connectivity index (χ4n) is 4.25. The van der Waals surface area contributed by atoms with Crippen molar-refractivity contribution in [3.63, 3.8) is 0 Å². The van der Waals surface area contributed by atoms with Crippen LogP contribution in [0.5, 0.6) is 0 Å². The molecule has 30 heavy (non-hydrogen) atoms. The van der Waals surface area contributed by atoms with Crippen LogP contribution in [-0.2, 0) is 24.7 Å². The molecular formula is C22H24N4O4. The Morgan fingerprint density at radius 2 is 2.07 bits per heavy atom. The fourth-order valence-corrected chi connectivity index (χ4v) is 4.25. The number of para-hydroxylation sites is 1. The summed E-state index contributed by atoms with van der Waals surface area (Å²) in [6, 6.07) is 6.94. The van der Waals surface area contributed by atoms with E-state index in [4.69, 9.17) is 10.8 Å². The largest absolute Gasteiger partial charge is 0.481 e. The van der Waals surface area contributed by atoms with Crippen LogP contribution in [-0.4, -0.2) is 42.9 Å². The third-order valence-electron chi connectivity index (χ3n) is 5.88. The Kier molecular flexibility index (Phi) is 5.26. The lowest BCUT2D eigenvalue weighted by molar-refractivity contribution is -0.137. The van der Waals surface area contributed by atoms with Crippen LogP contribution < -0.4 is 5.73 Å². The number of fused-ring (bicyclic) bond motifs is 2. The molecule has 2 atom stereocenters. The number of rotatable bonds is 6. The second-order valence-corrected chi connectivity index (χ2v) is 7.86. The zero-order valence-corrected chi connectivity index (χ0v) is 16.7. The van der Waals surface area contributed by atoms with Crippen molar-refractivity contribution in [2.45, 2.75) is 38.1 Å². The van der Waals surface area contributed by atoms with Crippen LogP contribution in [0.2, 0.25) is 0 Å². The van der Waals surface area contributed by atoms with Crippen molar-refractivity contribution in [1.29, 1.82) is 0 Å². The minimum atomic E-state index is -0.985. The molecule has 3 N–H and O–H groups in total. The Hall–Kier alpha value is -3.26. The van der Waals surface area contributed by atoms with Gasteiger partial charge in [-0.2, -0.15) is 0 Å². The molecule has 1 unspecified atom stereocenters. The molecule has 4 rings (SSSR count). The highest BCUT2D eigenvalue weighted by atomic mass is 16.4. The van der Waals surface area contributed by atoms with Crippen LogP contribution in [0.3, 0.4) is 0 Å². The number of nitrogens with two attached hydrogens (primary N) is 1. The summed E-state index contributed by atoms with van der Waals surface area (Å²) >= 11 is 0. The van der Waals surface area contributed by atoms with Crippen LogP contribution in [0.4, 0.5) is 0 Å². The number of imidazole rings is 1. The maximum Gasteiger partial charge on any atom is 0.303 e. The SMILES string of the molecule is Cn1cc(C(=O)[C@@H]2CCc3c(ncn3C(=O)C(N)CCC(=O)O)C2)c2ccccc21. The van der Waals surface area contributed by atoms with Crippen molar-refractivity contribution in [1.82, 2.24) is 14.1 Å². The molecule has 0 saturated heterocycles. The highest BCUT2D eigenvalue weighted by Gasteiger charge is 2.31. The number of carboxylic acids is 1. The van der Waals surface area contributed by atoms with E-state index in [1.54, 1.807) is 0 Å². The summed E-state index contributed by atoms with van der Waals surface area (Å²) in [5, 5.41) is 9.74. The molecule has 8 nitrogen and oxygen atoms in total. The van der Waals surface area contributed by atoms with Gasteiger partial charge in [-0.1, -0.05) is 18.2 Å². The van der Waals surface area contributed by atoms with Gasteiger partial charge in [-0.25, -0.2) is 4.98 Å². The van der Waals surface area contributed by atoms with Crippen molar-refractivity contribution in [3.8, 4) is 0 Å². The number of hydrogen-bond donors (Lipinski definition) is 2. The minimum Gasteiger partial charge on any atom is -0.481 e. The molecule has 2 heterocycles. The number of benzene rings is 1. The number of Topliss-reactive ketones (excluding diaryl/α,β-unsaturated/α-hetero) is 1. The monoisotopic (exact) mass is 408 g/mol. The molecule has 0 amide bonds. The summed E-state index contributed by atoms with van der Waals surface area (Å²) in [5.41, 5.74) is 9.12. The molecule has 0 bridgehead atoms. The van der Waals surface area contributed by atoms with Crippen molar-refractivity contribution in [2.24, 2.45) is 18.7 Å². The van der Waals surface area contributed by atoms with E-state index in [2.05, 4.69) is 4.98 Å². The first kappa shape index (κ1) is 20.0. The molecule has 2 aromatic heterocycles. The summed E-state index contributed by atoms with van der Waals surface area (Å²) < 4.78 is 3.39. The van der Waals surface area contributed by atoms with Crippen molar-refractivity contribution >= 4 is 28.6 Å². The molecule has 0 aliphatic heterocycles.